The van der Waals surface area contributed by atoms with Gasteiger partial charge in [-0.3, -0.25) is 0 Å². The molecule has 0 spiro atoms. The first-order chi connectivity index (χ1) is 14.6. The van der Waals surface area contributed by atoms with Crippen LogP contribution >= 0.6 is 0 Å². The van der Waals surface area contributed by atoms with E-state index in [0.717, 1.165) is 45.1 Å². The van der Waals surface area contributed by atoms with Gasteiger partial charge in [0.1, 0.15) is 6.07 Å². The second-order valence-electron chi connectivity index (χ2n) is 7.67. The number of anilines is 1. The van der Waals surface area contributed by atoms with Crippen LogP contribution in [0, 0.1) is 11.3 Å². The standard InChI is InChI=1S/C21H26N4O4S/c22-14-19-21(23-15-17-6-5-13-28-17)29-20(24-19)16-7-9-18(10-8-16)30(26,27)25-11-3-1-2-4-12-25/h7-10,17,23H,1-6,11-13,15H2/t17-/m0/s1. The lowest BCUT2D eigenvalue weighted by Crippen LogP contribution is -2.31. The lowest BCUT2D eigenvalue weighted by atomic mass is 10.2. The summed E-state index contributed by atoms with van der Waals surface area (Å²) in [5.74, 6) is 0.587. The molecule has 1 N–H and O–H groups in total. The van der Waals surface area contributed by atoms with Crippen molar-refractivity contribution in [1.29, 1.82) is 5.26 Å². The Kier molecular flexibility index (Phi) is 6.37. The summed E-state index contributed by atoms with van der Waals surface area (Å²) >= 11 is 0. The summed E-state index contributed by atoms with van der Waals surface area (Å²) in [7, 11) is -3.51. The molecule has 9 heteroatoms. The van der Waals surface area contributed by atoms with Crippen LogP contribution in [0.2, 0.25) is 0 Å². The van der Waals surface area contributed by atoms with E-state index in [9.17, 15) is 13.7 Å². The molecule has 2 fully saturated rings. The number of nitriles is 1. The maximum atomic E-state index is 12.9. The fourth-order valence-electron chi connectivity index (χ4n) is 3.85. The lowest BCUT2D eigenvalue weighted by Gasteiger charge is -2.19. The zero-order chi connectivity index (χ0) is 21.0. The van der Waals surface area contributed by atoms with Gasteiger partial charge in [0.05, 0.1) is 11.0 Å². The summed E-state index contributed by atoms with van der Waals surface area (Å²) in [5, 5.41) is 12.5. The van der Waals surface area contributed by atoms with Crippen LogP contribution in [-0.4, -0.2) is 50.1 Å². The minimum absolute atomic E-state index is 0.105. The van der Waals surface area contributed by atoms with Crippen molar-refractivity contribution >= 4 is 15.9 Å². The Morgan fingerprint density at radius 3 is 2.50 bits per heavy atom. The van der Waals surface area contributed by atoms with Gasteiger partial charge in [-0.1, -0.05) is 12.8 Å². The Labute approximate surface area is 176 Å². The second-order valence-corrected chi connectivity index (χ2v) is 9.61. The predicted octanol–water partition coefficient (Wildman–Crippen LogP) is 3.37. The third-order valence-corrected chi connectivity index (χ3v) is 7.46. The van der Waals surface area contributed by atoms with Crippen molar-refractivity contribution in [3.8, 4) is 17.5 Å². The number of oxazole rings is 1. The Bertz CT molecular complexity index is 997. The zero-order valence-electron chi connectivity index (χ0n) is 16.8. The number of aromatic nitrogens is 1. The highest BCUT2D eigenvalue weighted by molar-refractivity contribution is 7.89. The molecule has 0 radical (unpaired) electrons. The number of benzene rings is 1. The van der Waals surface area contributed by atoms with Crippen molar-refractivity contribution in [3.63, 3.8) is 0 Å². The van der Waals surface area contributed by atoms with E-state index < -0.39 is 10.0 Å². The zero-order valence-corrected chi connectivity index (χ0v) is 17.7. The van der Waals surface area contributed by atoms with Crippen LogP contribution in [0.1, 0.15) is 44.2 Å². The lowest BCUT2D eigenvalue weighted by molar-refractivity contribution is 0.120. The van der Waals surface area contributed by atoms with Gasteiger partial charge in [-0.15, -0.1) is 0 Å². The molecule has 160 valence electrons. The van der Waals surface area contributed by atoms with Crippen LogP contribution in [0.15, 0.2) is 33.6 Å². The molecule has 1 atom stereocenters. The minimum Gasteiger partial charge on any atom is -0.419 e. The fourth-order valence-corrected chi connectivity index (χ4v) is 5.37. The molecule has 1 aromatic carbocycles. The molecule has 0 saturated carbocycles. The van der Waals surface area contributed by atoms with Crippen LogP contribution in [0.4, 0.5) is 5.88 Å². The van der Waals surface area contributed by atoms with Crippen LogP contribution < -0.4 is 5.32 Å². The third-order valence-electron chi connectivity index (χ3n) is 5.55. The summed E-state index contributed by atoms with van der Waals surface area (Å²) in [6, 6.07) is 8.52. The molecule has 0 aliphatic carbocycles. The largest absolute Gasteiger partial charge is 0.419 e. The van der Waals surface area contributed by atoms with Crippen molar-refractivity contribution in [3.05, 3.63) is 30.0 Å². The van der Waals surface area contributed by atoms with Gasteiger partial charge in [-0.25, -0.2) is 8.42 Å². The van der Waals surface area contributed by atoms with Crippen molar-refractivity contribution in [2.24, 2.45) is 0 Å². The SMILES string of the molecule is N#Cc1nc(-c2ccc(S(=O)(=O)N3CCCCCC3)cc2)oc1NC[C@@H]1CCCO1. The monoisotopic (exact) mass is 430 g/mol. The molecule has 3 heterocycles. The summed E-state index contributed by atoms with van der Waals surface area (Å²) < 4.78 is 38.7. The molecule has 1 aromatic heterocycles. The van der Waals surface area contributed by atoms with Crippen LogP contribution in [0.3, 0.4) is 0 Å². The molecule has 2 aromatic rings. The normalized spacial score (nSPS) is 20.6. The number of ether oxygens (including phenoxy) is 1. The van der Waals surface area contributed by atoms with E-state index in [0.29, 0.717) is 31.1 Å². The number of nitrogens with zero attached hydrogens (tertiary/aromatic N) is 3. The molecule has 30 heavy (non-hydrogen) atoms. The van der Waals surface area contributed by atoms with E-state index in [2.05, 4.69) is 10.3 Å². The molecule has 0 unspecified atom stereocenters. The van der Waals surface area contributed by atoms with Crippen molar-refractivity contribution < 1.29 is 17.6 Å². The summed E-state index contributed by atoms with van der Waals surface area (Å²) in [6.07, 6.45) is 6.04. The van der Waals surface area contributed by atoms with Crippen LogP contribution in [-0.2, 0) is 14.8 Å². The smallest absolute Gasteiger partial charge is 0.243 e. The van der Waals surface area contributed by atoms with Gasteiger partial charge in [0.2, 0.25) is 27.5 Å². The van der Waals surface area contributed by atoms with Gasteiger partial charge in [0.15, 0.2) is 0 Å². The average Bonchev–Trinajstić information content (AvgIpc) is 3.34. The Hall–Kier alpha value is -2.41. The number of rotatable bonds is 6. The highest BCUT2D eigenvalue weighted by Gasteiger charge is 2.25. The fraction of sp³-hybridized carbons (Fsp3) is 0.524. The first kappa shape index (κ1) is 20.8. The molecule has 2 saturated heterocycles. The summed E-state index contributed by atoms with van der Waals surface area (Å²) in [6.45, 7) is 2.44. The Morgan fingerprint density at radius 1 is 1.13 bits per heavy atom. The number of sulfonamides is 1. The van der Waals surface area contributed by atoms with Crippen molar-refractivity contribution in [1.82, 2.24) is 9.29 Å². The van der Waals surface area contributed by atoms with E-state index in [1.807, 2.05) is 6.07 Å². The summed E-state index contributed by atoms with van der Waals surface area (Å²) in [5.41, 5.74) is 0.788. The van der Waals surface area contributed by atoms with E-state index in [1.165, 1.54) is 0 Å². The molecule has 4 rings (SSSR count). The average molecular weight is 431 g/mol. The summed E-state index contributed by atoms with van der Waals surface area (Å²) in [4.78, 5) is 4.51. The first-order valence-corrected chi connectivity index (χ1v) is 11.9. The van der Waals surface area contributed by atoms with Gasteiger partial charge in [0, 0.05) is 31.8 Å². The molecule has 8 nitrogen and oxygen atoms in total. The number of hydrogen-bond acceptors (Lipinski definition) is 7. The van der Waals surface area contributed by atoms with Gasteiger partial charge in [-0.05, 0) is 49.9 Å². The molecule has 2 aliphatic rings. The van der Waals surface area contributed by atoms with Gasteiger partial charge >= 0.3 is 0 Å². The van der Waals surface area contributed by atoms with Crippen molar-refractivity contribution in [2.45, 2.75) is 49.5 Å². The highest BCUT2D eigenvalue weighted by atomic mass is 32.2. The van der Waals surface area contributed by atoms with E-state index in [1.54, 1.807) is 28.6 Å². The Balaban J connectivity index is 1.50. The third kappa shape index (κ3) is 4.51. The minimum atomic E-state index is -3.51. The molecule has 0 amide bonds. The number of nitrogens with one attached hydrogen (secondary N) is 1. The predicted molar refractivity (Wildman–Crippen MR) is 111 cm³/mol. The van der Waals surface area contributed by atoms with E-state index in [4.69, 9.17) is 9.15 Å². The highest BCUT2D eigenvalue weighted by Crippen LogP contribution is 2.28. The Morgan fingerprint density at radius 2 is 1.87 bits per heavy atom. The molecular weight excluding hydrogens is 404 g/mol. The van der Waals surface area contributed by atoms with Gasteiger partial charge in [0.25, 0.3) is 0 Å². The quantitative estimate of drug-likeness (QED) is 0.748. The van der Waals surface area contributed by atoms with E-state index in [-0.39, 0.29) is 22.6 Å². The molecule has 2 aliphatic heterocycles. The molecular formula is C21H26N4O4S. The maximum absolute atomic E-state index is 12.9. The maximum Gasteiger partial charge on any atom is 0.243 e. The van der Waals surface area contributed by atoms with E-state index >= 15 is 0 Å². The molecule has 0 bridgehead atoms. The van der Waals surface area contributed by atoms with Crippen molar-refractivity contribution in [2.75, 3.05) is 31.6 Å². The van der Waals surface area contributed by atoms with Gasteiger partial charge < -0.3 is 14.5 Å². The van der Waals surface area contributed by atoms with Crippen LogP contribution in [0.5, 0.6) is 0 Å². The number of hydrogen-bond donors (Lipinski definition) is 1. The van der Waals surface area contributed by atoms with Crippen LogP contribution in [0.25, 0.3) is 11.5 Å². The second kappa shape index (κ2) is 9.16. The topological polar surface area (TPSA) is 108 Å². The first-order valence-electron chi connectivity index (χ1n) is 10.4. The van der Waals surface area contributed by atoms with Gasteiger partial charge in [-0.2, -0.15) is 14.6 Å².